The summed E-state index contributed by atoms with van der Waals surface area (Å²) in [6.07, 6.45) is 3.32. The summed E-state index contributed by atoms with van der Waals surface area (Å²) < 4.78 is 7.89. The molecule has 3 heterocycles. The van der Waals surface area contributed by atoms with E-state index in [-0.39, 0.29) is 24.0 Å². The number of carbonyl (C=O) groups excluding carboxylic acids is 1. The number of aromatic nitrogens is 4. The first kappa shape index (κ1) is 21.9. The van der Waals surface area contributed by atoms with Crippen molar-refractivity contribution in [3.8, 4) is 5.69 Å². The van der Waals surface area contributed by atoms with Crippen molar-refractivity contribution >= 4 is 11.6 Å². The second-order valence-corrected chi connectivity index (χ2v) is 9.64. The molecule has 1 aromatic heterocycles. The van der Waals surface area contributed by atoms with Gasteiger partial charge in [0.1, 0.15) is 6.33 Å². The lowest BCUT2D eigenvalue weighted by Crippen LogP contribution is -2.60. The Labute approximate surface area is 204 Å². The summed E-state index contributed by atoms with van der Waals surface area (Å²) in [5, 5.41) is 11.4. The molecule has 178 valence electrons. The minimum atomic E-state index is -0.0827. The molecule has 0 radical (unpaired) electrons. The van der Waals surface area contributed by atoms with Crippen LogP contribution in [0.5, 0.6) is 0 Å². The maximum Gasteiger partial charge on any atom is 0.230 e. The van der Waals surface area contributed by atoms with Crippen LogP contribution in [0, 0.1) is 13.5 Å². The van der Waals surface area contributed by atoms with Crippen molar-refractivity contribution in [1.82, 2.24) is 30.0 Å². The van der Waals surface area contributed by atoms with Crippen LogP contribution in [0.1, 0.15) is 40.7 Å². The van der Waals surface area contributed by atoms with Crippen LogP contribution < -0.4 is 0 Å². The van der Waals surface area contributed by atoms with Crippen LogP contribution >= 0.6 is 0 Å². The number of carbonyl (C=O) groups is 1. The molecule has 0 saturated carbocycles. The van der Waals surface area contributed by atoms with Crippen LogP contribution in [0.3, 0.4) is 0 Å². The number of morpholine rings is 1. The molecule has 3 aromatic rings. The summed E-state index contributed by atoms with van der Waals surface area (Å²) in [5.74, 6) is 0.145. The quantitative estimate of drug-likeness (QED) is 0.549. The molecule has 0 bridgehead atoms. The van der Waals surface area contributed by atoms with Gasteiger partial charge in [0.15, 0.2) is 5.69 Å². The van der Waals surface area contributed by atoms with Crippen molar-refractivity contribution in [3.05, 3.63) is 76.4 Å². The molecule has 1 aliphatic carbocycles. The van der Waals surface area contributed by atoms with Gasteiger partial charge in [0.25, 0.3) is 0 Å². The first-order valence-electron chi connectivity index (χ1n) is 12.1. The molecule has 1 amide bonds. The van der Waals surface area contributed by atoms with Gasteiger partial charge in [-0.15, -0.1) is 5.10 Å². The highest BCUT2D eigenvalue weighted by atomic mass is 16.5. The molecule has 2 saturated heterocycles. The Balaban J connectivity index is 1.11. The normalized spacial score (nSPS) is 24.0. The molecular weight excluding hydrogens is 442 g/mol. The van der Waals surface area contributed by atoms with E-state index in [1.54, 1.807) is 11.0 Å². The molecular formula is C26H27N7O2. The average Bonchev–Trinajstić information content (AvgIpc) is 3.57. The molecule has 3 atom stereocenters. The van der Waals surface area contributed by atoms with Gasteiger partial charge in [-0.2, -0.15) is 0 Å². The number of amides is 1. The van der Waals surface area contributed by atoms with Crippen molar-refractivity contribution < 1.29 is 9.53 Å². The molecule has 35 heavy (non-hydrogen) atoms. The third-order valence-electron chi connectivity index (χ3n) is 7.64. The predicted molar refractivity (Wildman–Crippen MR) is 128 cm³/mol. The van der Waals surface area contributed by atoms with Crippen LogP contribution in [0.25, 0.3) is 10.5 Å². The van der Waals surface area contributed by atoms with E-state index in [4.69, 9.17) is 11.3 Å². The van der Waals surface area contributed by atoms with Gasteiger partial charge in [-0.25, -0.2) is 9.53 Å². The van der Waals surface area contributed by atoms with Gasteiger partial charge in [-0.1, -0.05) is 24.3 Å². The van der Waals surface area contributed by atoms with Gasteiger partial charge in [-0.05, 0) is 64.6 Å². The fourth-order valence-electron chi connectivity index (χ4n) is 5.69. The summed E-state index contributed by atoms with van der Waals surface area (Å²) in [6, 6.07) is 12.3. The Kier molecular flexibility index (Phi) is 5.55. The number of tetrazole rings is 1. The van der Waals surface area contributed by atoms with E-state index in [0.29, 0.717) is 18.8 Å². The van der Waals surface area contributed by atoms with E-state index in [1.807, 2.05) is 30.0 Å². The number of fused-ring (bicyclic) bond motifs is 2. The standard InChI is InChI=1S/C26H27N7O2/c1-17-11-19(4-8-24(17)27-2)25-14-31-9-10-32(13-21(31)15-35-25)26(34)23-6-3-18-12-20(5-7-22(18)23)33-16-28-29-30-33/h4-5,7-8,11-12,16,21,23,25H,3,6,9-10,13-15H2,1H3/t21-,23?,25-/m0/s1. The molecule has 9 heteroatoms. The second-order valence-electron chi connectivity index (χ2n) is 9.64. The van der Waals surface area contributed by atoms with Gasteiger partial charge in [0.2, 0.25) is 5.91 Å². The van der Waals surface area contributed by atoms with Crippen molar-refractivity contribution in [2.45, 2.75) is 37.8 Å². The topological polar surface area (TPSA) is 80.7 Å². The van der Waals surface area contributed by atoms with E-state index in [9.17, 15) is 4.79 Å². The van der Waals surface area contributed by atoms with Crippen molar-refractivity contribution in [2.24, 2.45) is 0 Å². The number of ether oxygens (including phenoxy) is 1. The van der Waals surface area contributed by atoms with Crippen LogP contribution in [0.4, 0.5) is 5.69 Å². The summed E-state index contributed by atoms with van der Waals surface area (Å²) in [7, 11) is 0. The second kappa shape index (κ2) is 8.87. The fraction of sp³-hybridized carbons (Fsp3) is 0.423. The number of hydrogen-bond donors (Lipinski definition) is 0. The summed E-state index contributed by atoms with van der Waals surface area (Å²) in [5.41, 5.74) is 6.06. The lowest BCUT2D eigenvalue weighted by atomic mass is 9.97. The highest BCUT2D eigenvalue weighted by Gasteiger charge is 2.39. The summed E-state index contributed by atoms with van der Waals surface area (Å²) in [4.78, 5) is 21.6. The lowest BCUT2D eigenvalue weighted by molar-refractivity contribution is -0.141. The molecule has 0 spiro atoms. The first-order chi connectivity index (χ1) is 17.1. The molecule has 2 aliphatic heterocycles. The van der Waals surface area contributed by atoms with Crippen molar-refractivity contribution in [3.63, 3.8) is 0 Å². The van der Waals surface area contributed by atoms with E-state index >= 15 is 0 Å². The monoisotopic (exact) mass is 469 g/mol. The zero-order chi connectivity index (χ0) is 23.9. The molecule has 0 N–H and O–H groups in total. The third kappa shape index (κ3) is 3.99. The van der Waals surface area contributed by atoms with Gasteiger partial charge in [0, 0.05) is 26.2 Å². The van der Waals surface area contributed by atoms with Gasteiger partial charge >= 0.3 is 0 Å². The van der Waals surface area contributed by atoms with Gasteiger partial charge in [-0.3, -0.25) is 9.69 Å². The molecule has 1 unspecified atom stereocenters. The third-order valence-corrected chi connectivity index (χ3v) is 7.64. The Hall–Kier alpha value is -3.61. The van der Waals surface area contributed by atoms with Crippen LogP contribution in [0.2, 0.25) is 0 Å². The minimum absolute atomic E-state index is 0.00285. The molecule has 6 rings (SSSR count). The SMILES string of the molecule is [C-]#[N+]c1ccc([C@@H]2CN3CCN(C(=O)C4CCc5cc(-n6cnnn6)ccc54)C[C@H]3CO2)cc1C. The van der Waals surface area contributed by atoms with E-state index in [1.165, 1.54) is 5.56 Å². The summed E-state index contributed by atoms with van der Waals surface area (Å²) in [6.45, 7) is 13.0. The number of rotatable bonds is 3. The molecule has 2 fully saturated rings. The van der Waals surface area contributed by atoms with Crippen molar-refractivity contribution in [2.75, 3.05) is 32.8 Å². The lowest BCUT2D eigenvalue weighted by Gasteiger charge is -2.46. The number of piperazine rings is 1. The number of hydrogen-bond acceptors (Lipinski definition) is 6. The number of benzene rings is 2. The summed E-state index contributed by atoms with van der Waals surface area (Å²) >= 11 is 0. The Morgan fingerprint density at radius 1 is 1.17 bits per heavy atom. The fourth-order valence-corrected chi connectivity index (χ4v) is 5.69. The van der Waals surface area contributed by atoms with Gasteiger partial charge < -0.3 is 9.64 Å². The number of aryl methyl sites for hydroxylation is 2. The molecule has 3 aliphatic rings. The smallest absolute Gasteiger partial charge is 0.230 e. The average molecular weight is 470 g/mol. The van der Waals surface area contributed by atoms with Gasteiger partial charge in [0.05, 0.1) is 36.9 Å². The van der Waals surface area contributed by atoms with Crippen LogP contribution in [-0.4, -0.2) is 74.7 Å². The maximum atomic E-state index is 13.5. The van der Waals surface area contributed by atoms with E-state index in [2.05, 4.69) is 43.5 Å². The largest absolute Gasteiger partial charge is 0.370 e. The Morgan fingerprint density at radius 2 is 2.09 bits per heavy atom. The molecule has 2 aromatic carbocycles. The Bertz CT molecular complexity index is 1300. The molecule has 9 nitrogen and oxygen atoms in total. The minimum Gasteiger partial charge on any atom is -0.370 e. The highest BCUT2D eigenvalue weighted by molar-refractivity contribution is 5.85. The zero-order valence-corrected chi connectivity index (χ0v) is 19.7. The van der Waals surface area contributed by atoms with E-state index in [0.717, 1.165) is 54.9 Å². The Morgan fingerprint density at radius 3 is 2.89 bits per heavy atom. The van der Waals surface area contributed by atoms with Crippen molar-refractivity contribution in [1.29, 1.82) is 0 Å². The van der Waals surface area contributed by atoms with Crippen LogP contribution in [0.15, 0.2) is 42.7 Å². The van der Waals surface area contributed by atoms with Crippen LogP contribution in [-0.2, 0) is 16.0 Å². The zero-order valence-electron chi connectivity index (χ0n) is 19.7. The predicted octanol–water partition coefficient (Wildman–Crippen LogP) is 2.84. The van der Waals surface area contributed by atoms with E-state index < -0.39 is 0 Å². The first-order valence-corrected chi connectivity index (χ1v) is 12.1. The number of nitrogens with zero attached hydrogens (tertiary/aromatic N) is 7. The maximum absolute atomic E-state index is 13.5. The highest BCUT2D eigenvalue weighted by Crippen LogP contribution is 2.37.